The van der Waals surface area contributed by atoms with Crippen LogP contribution < -0.4 is 14.2 Å². The first-order chi connectivity index (χ1) is 9.96. The monoisotopic (exact) mass is 292 g/mol. The number of hydrogen-bond donors (Lipinski definition) is 0. The second-order valence-electron chi connectivity index (χ2n) is 5.64. The third-order valence-corrected chi connectivity index (χ3v) is 3.70. The summed E-state index contributed by atoms with van der Waals surface area (Å²) in [6.07, 6.45) is 4.36. The third-order valence-electron chi connectivity index (χ3n) is 3.70. The highest BCUT2D eigenvalue weighted by molar-refractivity contribution is 5.59. The number of methoxy groups -OCH3 is 3. The predicted octanol–water partition coefficient (Wildman–Crippen LogP) is 4.87. The highest BCUT2D eigenvalue weighted by Crippen LogP contribution is 2.45. The van der Waals surface area contributed by atoms with Gasteiger partial charge in [0.05, 0.1) is 21.3 Å². The number of allylic oxidation sites excluding steroid dienone is 2. The van der Waals surface area contributed by atoms with E-state index in [-0.39, 0.29) is 0 Å². The molecule has 0 saturated heterocycles. The van der Waals surface area contributed by atoms with Crippen molar-refractivity contribution in [2.24, 2.45) is 0 Å². The second kappa shape index (κ2) is 7.96. The van der Waals surface area contributed by atoms with Gasteiger partial charge in [-0.05, 0) is 51.2 Å². The fourth-order valence-electron chi connectivity index (χ4n) is 2.61. The molecule has 1 rings (SSSR count). The molecule has 0 unspecified atom stereocenters. The summed E-state index contributed by atoms with van der Waals surface area (Å²) in [5, 5.41) is 0. The quantitative estimate of drug-likeness (QED) is 0.671. The molecule has 0 radical (unpaired) electrons. The van der Waals surface area contributed by atoms with E-state index in [1.165, 1.54) is 5.57 Å². The molecule has 0 N–H and O–H groups in total. The van der Waals surface area contributed by atoms with Crippen LogP contribution in [0.25, 0.3) is 0 Å². The third kappa shape index (κ3) is 4.16. The number of hydrogen-bond acceptors (Lipinski definition) is 3. The summed E-state index contributed by atoms with van der Waals surface area (Å²) >= 11 is 0. The minimum absolute atomic E-state index is 0.333. The summed E-state index contributed by atoms with van der Waals surface area (Å²) in [6.45, 7) is 8.46. The van der Waals surface area contributed by atoms with Crippen LogP contribution in [-0.4, -0.2) is 21.3 Å². The van der Waals surface area contributed by atoms with Crippen LogP contribution in [0.2, 0.25) is 0 Å². The molecule has 21 heavy (non-hydrogen) atoms. The summed E-state index contributed by atoms with van der Waals surface area (Å²) in [4.78, 5) is 0. The van der Waals surface area contributed by atoms with Crippen molar-refractivity contribution in [2.75, 3.05) is 21.3 Å². The molecule has 0 aliphatic heterocycles. The first-order valence-corrected chi connectivity index (χ1v) is 7.39. The molecule has 1 aromatic carbocycles. The van der Waals surface area contributed by atoms with E-state index in [0.717, 1.165) is 41.2 Å². The van der Waals surface area contributed by atoms with Gasteiger partial charge in [0.2, 0.25) is 0 Å². The highest BCUT2D eigenvalue weighted by Gasteiger charge is 2.22. The molecule has 3 nitrogen and oxygen atoms in total. The average Bonchev–Trinajstić information content (AvgIpc) is 2.45. The summed E-state index contributed by atoms with van der Waals surface area (Å²) in [5.41, 5.74) is 3.46. The Morgan fingerprint density at radius 3 is 2.19 bits per heavy atom. The maximum atomic E-state index is 5.62. The van der Waals surface area contributed by atoms with Crippen LogP contribution in [0.4, 0.5) is 0 Å². The van der Waals surface area contributed by atoms with Crippen molar-refractivity contribution in [1.82, 2.24) is 0 Å². The lowest BCUT2D eigenvalue weighted by molar-refractivity contribution is 0.338. The van der Waals surface area contributed by atoms with Crippen LogP contribution in [-0.2, 0) is 0 Å². The SMILES string of the molecule is COc1cc(C)c(OC)c(OC)c1[C@H](C)CCC=C(C)C. The van der Waals surface area contributed by atoms with E-state index in [9.17, 15) is 0 Å². The fourth-order valence-corrected chi connectivity index (χ4v) is 2.61. The molecule has 3 heteroatoms. The van der Waals surface area contributed by atoms with Crippen LogP contribution >= 0.6 is 0 Å². The topological polar surface area (TPSA) is 27.7 Å². The molecule has 0 fully saturated rings. The lowest BCUT2D eigenvalue weighted by Gasteiger charge is -2.22. The van der Waals surface area contributed by atoms with Crippen molar-refractivity contribution >= 4 is 0 Å². The first-order valence-electron chi connectivity index (χ1n) is 7.39. The smallest absolute Gasteiger partial charge is 0.168 e. The van der Waals surface area contributed by atoms with E-state index in [1.807, 2.05) is 13.0 Å². The van der Waals surface area contributed by atoms with Gasteiger partial charge in [-0.25, -0.2) is 0 Å². The Morgan fingerprint density at radius 2 is 1.71 bits per heavy atom. The Kier molecular flexibility index (Phi) is 6.60. The Hall–Kier alpha value is -1.64. The molecule has 0 saturated carbocycles. The zero-order chi connectivity index (χ0) is 16.0. The van der Waals surface area contributed by atoms with Crippen LogP contribution in [0.15, 0.2) is 17.7 Å². The highest BCUT2D eigenvalue weighted by atomic mass is 16.5. The van der Waals surface area contributed by atoms with Crippen molar-refractivity contribution in [2.45, 2.75) is 46.5 Å². The zero-order valence-electron chi connectivity index (χ0n) is 14.4. The minimum Gasteiger partial charge on any atom is -0.496 e. The van der Waals surface area contributed by atoms with E-state index >= 15 is 0 Å². The first kappa shape index (κ1) is 17.4. The second-order valence-corrected chi connectivity index (χ2v) is 5.64. The van der Waals surface area contributed by atoms with Gasteiger partial charge in [0, 0.05) is 5.56 Å². The Balaban J connectivity index is 3.21. The largest absolute Gasteiger partial charge is 0.496 e. The molecular formula is C18H28O3. The molecule has 0 heterocycles. The van der Waals surface area contributed by atoms with Crippen molar-refractivity contribution in [3.63, 3.8) is 0 Å². The van der Waals surface area contributed by atoms with Crippen LogP contribution in [0.1, 0.15) is 50.7 Å². The van der Waals surface area contributed by atoms with E-state index in [2.05, 4.69) is 26.8 Å². The summed E-state index contributed by atoms with van der Waals surface area (Å²) < 4.78 is 16.7. The van der Waals surface area contributed by atoms with Crippen molar-refractivity contribution in [1.29, 1.82) is 0 Å². The van der Waals surface area contributed by atoms with Crippen molar-refractivity contribution < 1.29 is 14.2 Å². The zero-order valence-corrected chi connectivity index (χ0v) is 14.4. The van der Waals surface area contributed by atoms with E-state index in [0.29, 0.717) is 5.92 Å². The van der Waals surface area contributed by atoms with E-state index in [4.69, 9.17) is 14.2 Å². The van der Waals surface area contributed by atoms with Gasteiger partial charge in [-0.2, -0.15) is 0 Å². The number of benzene rings is 1. The summed E-state index contributed by atoms with van der Waals surface area (Å²) in [5.74, 6) is 2.79. The van der Waals surface area contributed by atoms with Crippen LogP contribution in [0.5, 0.6) is 17.2 Å². The maximum absolute atomic E-state index is 5.62. The fraction of sp³-hybridized carbons (Fsp3) is 0.556. The van der Waals surface area contributed by atoms with E-state index in [1.54, 1.807) is 21.3 Å². The maximum Gasteiger partial charge on any atom is 0.168 e. The predicted molar refractivity (Wildman–Crippen MR) is 87.9 cm³/mol. The van der Waals surface area contributed by atoms with Gasteiger partial charge >= 0.3 is 0 Å². The standard InChI is InChI=1S/C18H28O3/c1-12(2)9-8-10-13(3)16-15(19-5)11-14(4)17(20-6)18(16)21-7/h9,11,13H,8,10H2,1-7H3/t13-/m1/s1. The van der Waals surface area contributed by atoms with Gasteiger partial charge in [0.25, 0.3) is 0 Å². The molecule has 0 aliphatic carbocycles. The molecule has 0 bridgehead atoms. The molecule has 0 aliphatic rings. The minimum atomic E-state index is 0.333. The molecule has 1 aromatic rings. The van der Waals surface area contributed by atoms with E-state index < -0.39 is 0 Å². The Morgan fingerprint density at radius 1 is 1.10 bits per heavy atom. The average molecular weight is 292 g/mol. The molecule has 0 aromatic heterocycles. The van der Waals surface area contributed by atoms with Crippen molar-refractivity contribution in [3.05, 3.63) is 28.8 Å². The molecule has 1 atom stereocenters. The van der Waals surface area contributed by atoms with Crippen LogP contribution in [0, 0.1) is 6.92 Å². The lowest BCUT2D eigenvalue weighted by Crippen LogP contribution is -2.04. The van der Waals surface area contributed by atoms with Gasteiger partial charge < -0.3 is 14.2 Å². The molecule has 0 spiro atoms. The van der Waals surface area contributed by atoms with Gasteiger partial charge in [-0.1, -0.05) is 18.6 Å². The summed E-state index contributed by atoms with van der Waals surface area (Å²) in [6, 6.07) is 2.02. The molecular weight excluding hydrogens is 264 g/mol. The number of rotatable bonds is 7. The lowest BCUT2D eigenvalue weighted by atomic mass is 9.92. The van der Waals surface area contributed by atoms with Gasteiger partial charge in [-0.15, -0.1) is 0 Å². The van der Waals surface area contributed by atoms with Crippen LogP contribution in [0.3, 0.4) is 0 Å². The number of aryl methyl sites for hydroxylation is 1. The molecule has 0 amide bonds. The Bertz CT molecular complexity index is 500. The molecule has 118 valence electrons. The normalized spacial score (nSPS) is 11.8. The van der Waals surface area contributed by atoms with Crippen molar-refractivity contribution in [3.8, 4) is 17.2 Å². The number of ether oxygens (including phenoxy) is 3. The van der Waals surface area contributed by atoms with Gasteiger partial charge in [-0.3, -0.25) is 0 Å². The summed E-state index contributed by atoms with van der Waals surface area (Å²) in [7, 11) is 5.06. The van der Waals surface area contributed by atoms with Gasteiger partial charge in [0.1, 0.15) is 5.75 Å². The van der Waals surface area contributed by atoms with Gasteiger partial charge in [0.15, 0.2) is 11.5 Å². The Labute approximate surface area is 128 Å².